The topological polar surface area (TPSA) is 84.3 Å². The number of hydrogen-bond donors (Lipinski definition) is 1. The number of aromatic carboxylic acids is 1. The van der Waals surface area contributed by atoms with Crippen LogP contribution in [0.25, 0.3) is 0 Å². The van der Waals surface area contributed by atoms with E-state index in [2.05, 4.69) is 4.98 Å². The highest BCUT2D eigenvalue weighted by Gasteiger charge is 2.42. The van der Waals surface area contributed by atoms with Gasteiger partial charge in [-0.1, -0.05) is 18.2 Å². The first-order valence-corrected chi connectivity index (χ1v) is 8.30. The molecule has 2 rings (SSSR count). The van der Waals surface area contributed by atoms with Crippen molar-refractivity contribution < 1.29 is 40.3 Å². The minimum absolute atomic E-state index is 0.483. The summed E-state index contributed by atoms with van der Waals surface area (Å²) in [4.78, 5) is 12.2. The Morgan fingerprint density at radius 2 is 1.69 bits per heavy atom. The smallest absolute Gasteiger partial charge is 0.434 e. The van der Waals surface area contributed by atoms with Gasteiger partial charge in [0.15, 0.2) is 5.69 Å². The number of pyridine rings is 1. The Labute approximate surface area is 144 Å². The largest absolute Gasteiger partial charge is 0.478 e. The molecule has 0 spiro atoms. The van der Waals surface area contributed by atoms with Gasteiger partial charge >= 0.3 is 12.1 Å². The molecule has 26 heavy (non-hydrogen) atoms. The van der Waals surface area contributed by atoms with Crippen LogP contribution in [0.5, 0.6) is 0 Å². The van der Waals surface area contributed by atoms with Crippen molar-refractivity contribution >= 4 is 15.8 Å². The van der Waals surface area contributed by atoms with Crippen LogP contribution in [-0.4, -0.2) is 24.5 Å². The van der Waals surface area contributed by atoms with Crippen molar-refractivity contribution in [1.29, 1.82) is 0 Å². The normalized spacial score (nSPS) is 12.4. The van der Waals surface area contributed by atoms with Crippen LogP contribution >= 0.6 is 0 Å². The lowest BCUT2D eigenvalue weighted by Crippen LogP contribution is -2.22. The second-order valence-electron chi connectivity index (χ2n) is 5.09. The summed E-state index contributed by atoms with van der Waals surface area (Å²) in [5.41, 5.74) is -6.18. The van der Waals surface area contributed by atoms with Crippen LogP contribution in [0.2, 0.25) is 0 Å². The maximum atomic E-state index is 13.3. The van der Waals surface area contributed by atoms with Gasteiger partial charge < -0.3 is 5.11 Å². The van der Waals surface area contributed by atoms with E-state index in [0.29, 0.717) is 0 Å². The predicted molar refractivity (Wildman–Crippen MR) is 77.8 cm³/mol. The van der Waals surface area contributed by atoms with E-state index in [0.717, 1.165) is 19.1 Å². The van der Waals surface area contributed by atoms with Gasteiger partial charge in [0.25, 0.3) is 6.43 Å². The SMILES string of the molecule is Cc1c(C(=O)O)c(C(F)(F)F)nc(C(F)F)c1S(=O)(=O)c1ccccc1. The molecule has 0 amide bonds. The third-order valence-corrected chi connectivity index (χ3v) is 5.37. The van der Waals surface area contributed by atoms with E-state index in [1.807, 2.05) is 0 Å². The molecular weight excluding hydrogens is 385 g/mol. The number of halogens is 5. The zero-order chi connectivity index (χ0) is 19.9. The van der Waals surface area contributed by atoms with Crippen molar-refractivity contribution in [1.82, 2.24) is 4.98 Å². The van der Waals surface area contributed by atoms with E-state index in [-0.39, 0.29) is 0 Å². The maximum absolute atomic E-state index is 13.3. The van der Waals surface area contributed by atoms with Crippen LogP contribution in [0.4, 0.5) is 22.0 Å². The fourth-order valence-electron chi connectivity index (χ4n) is 2.38. The molecule has 140 valence electrons. The lowest BCUT2D eigenvalue weighted by atomic mass is 10.1. The van der Waals surface area contributed by atoms with E-state index in [9.17, 15) is 35.2 Å². The molecule has 0 aliphatic rings. The molecular formula is C15H10F5NO4S. The first-order chi connectivity index (χ1) is 11.9. The third kappa shape index (κ3) is 3.39. The van der Waals surface area contributed by atoms with E-state index >= 15 is 0 Å². The number of carboxylic acids is 1. The Morgan fingerprint density at radius 1 is 1.15 bits per heavy atom. The minimum atomic E-state index is -5.36. The van der Waals surface area contributed by atoms with Gasteiger partial charge in [0, 0.05) is 0 Å². The van der Waals surface area contributed by atoms with Gasteiger partial charge in [-0.25, -0.2) is 27.0 Å². The zero-order valence-electron chi connectivity index (χ0n) is 12.9. The summed E-state index contributed by atoms with van der Waals surface area (Å²) in [6.45, 7) is 0.724. The molecule has 1 aromatic carbocycles. The number of rotatable bonds is 4. The second-order valence-corrected chi connectivity index (χ2v) is 6.98. The highest BCUT2D eigenvalue weighted by atomic mass is 32.2. The summed E-state index contributed by atoms with van der Waals surface area (Å²) >= 11 is 0. The first kappa shape index (κ1) is 19.8. The molecule has 2 aromatic rings. The van der Waals surface area contributed by atoms with Crippen LogP contribution in [0, 0.1) is 6.92 Å². The monoisotopic (exact) mass is 395 g/mol. The highest BCUT2D eigenvalue weighted by Crippen LogP contribution is 2.39. The number of benzene rings is 1. The average molecular weight is 395 g/mol. The Kier molecular flexibility index (Phi) is 5.04. The zero-order valence-corrected chi connectivity index (χ0v) is 13.7. The maximum Gasteiger partial charge on any atom is 0.434 e. The average Bonchev–Trinajstić information content (AvgIpc) is 2.53. The minimum Gasteiger partial charge on any atom is -0.478 e. The molecule has 5 nitrogen and oxygen atoms in total. The first-order valence-electron chi connectivity index (χ1n) is 6.82. The molecule has 0 bridgehead atoms. The van der Waals surface area contributed by atoms with E-state index in [1.54, 1.807) is 0 Å². The second kappa shape index (κ2) is 6.63. The van der Waals surface area contributed by atoms with E-state index in [1.165, 1.54) is 18.2 Å². The van der Waals surface area contributed by atoms with E-state index in [4.69, 9.17) is 5.11 Å². The third-order valence-electron chi connectivity index (χ3n) is 3.43. The van der Waals surface area contributed by atoms with Crippen LogP contribution in [0.15, 0.2) is 40.1 Å². The fourth-order valence-corrected chi connectivity index (χ4v) is 4.05. The molecule has 0 radical (unpaired) electrons. The van der Waals surface area contributed by atoms with Crippen LogP contribution in [0.1, 0.15) is 33.7 Å². The molecule has 0 unspecified atom stereocenters. The van der Waals surface area contributed by atoms with Crippen molar-refractivity contribution in [2.45, 2.75) is 29.3 Å². The van der Waals surface area contributed by atoms with Gasteiger partial charge in [-0.3, -0.25) is 0 Å². The lowest BCUT2D eigenvalue weighted by Gasteiger charge is -2.18. The Bertz CT molecular complexity index is 956. The summed E-state index contributed by atoms with van der Waals surface area (Å²) < 4.78 is 91.2. The molecule has 1 heterocycles. The molecule has 1 N–H and O–H groups in total. The van der Waals surface area contributed by atoms with Gasteiger partial charge in [-0.15, -0.1) is 0 Å². The van der Waals surface area contributed by atoms with Crippen molar-refractivity contribution in [3.8, 4) is 0 Å². The number of nitrogens with zero attached hydrogens (tertiary/aromatic N) is 1. The van der Waals surface area contributed by atoms with Gasteiger partial charge in [0.1, 0.15) is 10.6 Å². The van der Waals surface area contributed by atoms with E-state index < -0.39 is 60.7 Å². The quantitative estimate of drug-likeness (QED) is 0.795. The Hall–Kier alpha value is -2.56. The molecule has 0 atom stereocenters. The highest BCUT2D eigenvalue weighted by molar-refractivity contribution is 7.91. The summed E-state index contributed by atoms with van der Waals surface area (Å²) in [7, 11) is -4.74. The van der Waals surface area contributed by atoms with Gasteiger partial charge in [-0.2, -0.15) is 13.2 Å². The molecule has 11 heteroatoms. The van der Waals surface area contributed by atoms with Crippen molar-refractivity contribution in [2.75, 3.05) is 0 Å². The number of hydrogen-bond acceptors (Lipinski definition) is 4. The number of carboxylic acid groups (broad SMARTS) is 1. The molecule has 1 aromatic heterocycles. The van der Waals surface area contributed by atoms with Crippen LogP contribution in [-0.2, 0) is 16.0 Å². The predicted octanol–water partition coefficient (Wildman–Crippen LogP) is 3.88. The Morgan fingerprint density at radius 3 is 2.12 bits per heavy atom. The number of sulfone groups is 1. The molecule has 0 aliphatic carbocycles. The number of carbonyl (C=O) groups is 1. The summed E-state index contributed by atoms with van der Waals surface area (Å²) in [6, 6.07) is 6.08. The molecule has 0 saturated heterocycles. The number of aromatic nitrogens is 1. The van der Waals surface area contributed by atoms with Gasteiger partial charge in [0.05, 0.1) is 10.5 Å². The van der Waals surface area contributed by atoms with Crippen molar-refractivity contribution in [3.05, 3.63) is 52.8 Å². The number of alkyl halides is 5. The lowest BCUT2D eigenvalue weighted by molar-refractivity contribution is -0.142. The van der Waals surface area contributed by atoms with Gasteiger partial charge in [0.2, 0.25) is 9.84 Å². The molecule has 0 aliphatic heterocycles. The summed E-state index contributed by atoms with van der Waals surface area (Å²) in [5, 5.41) is 9.08. The molecule has 0 saturated carbocycles. The van der Waals surface area contributed by atoms with Crippen molar-refractivity contribution in [2.24, 2.45) is 0 Å². The Balaban J connectivity index is 2.99. The van der Waals surface area contributed by atoms with Crippen molar-refractivity contribution in [3.63, 3.8) is 0 Å². The molecule has 0 fully saturated rings. The van der Waals surface area contributed by atoms with Crippen LogP contribution < -0.4 is 0 Å². The van der Waals surface area contributed by atoms with Crippen LogP contribution in [0.3, 0.4) is 0 Å². The summed E-state index contributed by atoms with van der Waals surface area (Å²) in [6.07, 6.45) is -9.04. The summed E-state index contributed by atoms with van der Waals surface area (Å²) in [5.74, 6) is -2.13. The fraction of sp³-hybridized carbons (Fsp3) is 0.200. The van der Waals surface area contributed by atoms with Gasteiger partial charge in [-0.05, 0) is 24.6 Å². The standard InChI is InChI=1S/C15H10F5NO4S/c1-7-9(14(22)23)12(15(18,19)20)21-10(13(16)17)11(7)26(24,25)8-5-3-2-4-6-8/h2-6,13H,1H3,(H,22,23).